The fourth-order valence-corrected chi connectivity index (χ4v) is 8.28. The SMILES string of the molecule is Cc1cccc(C)c1N(c1cccc(N2CN(C)c3ccccc32)c1)c1ccc2c3ccccc3n(-c3cc(-c4ccccc4C(C)C)ccn3)c2c1. The van der Waals surface area contributed by atoms with Gasteiger partial charge in [-0.2, -0.15) is 0 Å². The molecule has 8 aromatic rings. The Morgan fingerprint density at radius 3 is 2.15 bits per heavy atom. The van der Waals surface area contributed by atoms with E-state index in [2.05, 4.69) is 200 Å². The van der Waals surface area contributed by atoms with E-state index in [1.54, 1.807) is 0 Å². The van der Waals surface area contributed by atoms with Crippen molar-refractivity contribution < 1.29 is 0 Å². The average molecular weight is 690 g/mol. The lowest BCUT2D eigenvalue weighted by Crippen LogP contribution is -2.24. The quantitative estimate of drug-likeness (QED) is 0.166. The average Bonchev–Trinajstić information content (AvgIpc) is 3.70. The molecule has 53 heavy (non-hydrogen) atoms. The predicted octanol–water partition coefficient (Wildman–Crippen LogP) is 12.6. The lowest BCUT2D eigenvalue weighted by Gasteiger charge is -2.30. The molecule has 9 rings (SSSR count). The van der Waals surface area contributed by atoms with Gasteiger partial charge < -0.3 is 14.7 Å². The zero-order valence-electron chi connectivity index (χ0n) is 31.0. The van der Waals surface area contributed by atoms with E-state index in [9.17, 15) is 0 Å². The third-order valence-electron chi connectivity index (χ3n) is 10.8. The first-order valence-corrected chi connectivity index (χ1v) is 18.5. The van der Waals surface area contributed by atoms with E-state index in [0.29, 0.717) is 5.92 Å². The Morgan fingerprint density at radius 1 is 0.623 bits per heavy atom. The molecule has 0 spiro atoms. The summed E-state index contributed by atoms with van der Waals surface area (Å²) in [5.74, 6) is 1.32. The van der Waals surface area contributed by atoms with Gasteiger partial charge in [-0.1, -0.05) is 98.8 Å². The minimum absolute atomic E-state index is 0.411. The normalized spacial score (nSPS) is 12.6. The molecule has 3 heterocycles. The Kier molecular flexibility index (Phi) is 8.00. The van der Waals surface area contributed by atoms with Gasteiger partial charge in [0.25, 0.3) is 0 Å². The molecule has 2 aromatic heterocycles. The van der Waals surface area contributed by atoms with Crippen LogP contribution in [0.2, 0.25) is 0 Å². The van der Waals surface area contributed by atoms with Crippen LogP contribution in [0, 0.1) is 13.8 Å². The first kappa shape index (κ1) is 32.6. The van der Waals surface area contributed by atoms with Gasteiger partial charge in [-0.15, -0.1) is 0 Å². The molecule has 0 bridgehead atoms. The number of para-hydroxylation sites is 4. The van der Waals surface area contributed by atoms with Crippen molar-refractivity contribution in [1.82, 2.24) is 9.55 Å². The summed E-state index contributed by atoms with van der Waals surface area (Å²) in [6.07, 6.45) is 1.95. The highest BCUT2D eigenvalue weighted by Crippen LogP contribution is 2.45. The largest absolute Gasteiger partial charge is 0.355 e. The molecule has 5 heteroatoms. The second-order valence-corrected chi connectivity index (χ2v) is 14.6. The molecule has 0 N–H and O–H groups in total. The number of fused-ring (bicyclic) bond motifs is 4. The first-order valence-electron chi connectivity index (χ1n) is 18.5. The number of pyridine rings is 1. The number of benzene rings is 6. The standard InChI is InChI=1S/C48H43N5/c1-32(2)39-18-6-7-19-40(39)35-26-27-49-47(28-35)53-43-21-9-8-20-41(43)42-25-24-38(30-46(42)53)52(48-33(3)14-12-15-34(48)4)37-17-13-16-36(29-37)51-31-50(5)44-22-10-11-23-45(44)51/h6-30,32H,31H2,1-5H3. The van der Waals surface area contributed by atoms with Crippen molar-refractivity contribution in [3.05, 3.63) is 168 Å². The lowest BCUT2D eigenvalue weighted by molar-refractivity contribution is 0.869. The van der Waals surface area contributed by atoms with Crippen LogP contribution in [-0.4, -0.2) is 23.3 Å². The van der Waals surface area contributed by atoms with Crippen LogP contribution in [-0.2, 0) is 0 Å². The molecule has 0 radical (unpaired) electrons. The molecule has 0 fully saturated rings. The molecule has 0 saturated carbocycles. The van der Waals surface area contributed by atoms with Crippen molar-refractivity contribution in [2.45, 2.75) is 33.6 Å². The summed E-state index contributed by atoms with van der Waals surface area (Å²) in [5, 5.41) is 2.41. The molecule has 260 valence electrons. The smallest absolute Gasteiger partial charge is 0.138 e. The highest BCUT2D eigenvalue weighted by atomic mass is 15.4. The molecule has 0 amide bonds. The van der Waals surface area contributed by atoms with Gasteiger partial charge in [0.1, 0.15) is 5.82 Å². The zero-order chi connectivity index (χ0) is 36.2. The number of rotatable bonds is 7. The predicted molar refractivity (Wildman–Crippen MR) is 224 cm³/mol. The molecule has 0 atom stereocenters. The number of hydrogen-bond donors (Lipinski definition) is 0. The van der Waals surface area contributed by atoms with Crippen molar-refractivity contribution in [3.8, 4) is 16.9 Å². The molecule has 1 aliphatic heterocycles. The fraction of sp³-hybridized carbons (Fsp3) is 0.146. The van der Waals surface area contributed by atoms with Gasteiger partial charge in [0, 0.05) is 41.1 Å². The highest BCUT2D eigenvalue weighted by Gasteiger charge is 2.26. The number of nitrogens with zero attached hydrogens (tertiary/aromatic N) is 5. The van der Waals surface area contributed by atoms with Crippen LogP contribution in [0.3, 0.4) is 0 Å². The van der Waals surface area contributed by atoms with Gasteiger partial charge in [0.2, 0.25) is 0 Å². The number of aryl methyl sites for hydroxylation is 2. The Morgan fingerprint density at radius 2 is 1.32 bits per heavy atom. The van der Waals surface area contributed by atoms with Crippen LogP contribution in [0.15, 0.2) is 152 Å². The van der Waals surface area contributed by atoms with E-state index < -0.39 is 0 Å². The van der Waals surface area contributed by atoms with Gasteiger partial charge in [0.15, 0.2) is 0 Å². The molecular formula is C48H43N5. The molecule has 0 unspecified atom stereocenters. The van der Waals surface area contributed by atoms with Gasteiger partial charge in [-0.25, -0.2) is 4.98 Å². The summed E-state index contributed by atoms with van der Waals surface area (Å²) in [4.78, 5) is 12.2. The van der Waals surface area contributed by atoms with Crippen LogP contribution in [0.1, 0.15) is 36.5 Å². The van der Waals surface area contributed by atoms with Crippen LogP contribution < -0.4 is 14.7 Å². The van der Waals surface area contributed by atoms with E-state index in [4.69, 9.17) is 4.98 Å². The minimum atomic E-state index is 0.411. The van der Waals surface area contributed by atoms with Gasteiger partial charge in [0.05, 0.1) is 34.8 Å². The van der Waals surface area contributed by atoms with Crippen LogP contribution in [0.5, 0.6) is 0 Å². The van der Waals surface area contributed by atoms with Gasteiger partial charge in [-0.3, -0.25) is 4.57 Å². The van der Waals surface area contributed by atoms with Gasteiger partial charge >= 0.3 is 0 Å². The van der Waals surface area contributed by atoms with Crippen molar-refractivity contribution in [2.24, 2.45) is 0 Å². The lowest BCUT2D eigenvalue weighted by atomic mass is 9.93. The number of anilines is 6. The molecule has 5 nitrogen and oxygen atoms in total. The van der Waals surface area contributed by atoms with E-state index in [1.165, 1.54) is 55.7 Å². The third kappa shape index (κ3) is 5.51. The zero-order valence-corrected chi connectivity index (χ0v) is 31.0. The second-order valence-electron chi connectivity index (χ2n) is 14.6. The highest BCUT2D eigenvalue weighted by molar-refractivity contribution is 6.10. The Bertz CT molecular complexity index is 2630. The third-order valence-corrected chi connectivity index (χ3v) is 10.8. The summed E-state index contributed by atoms with van der Waals surface area (Å²) in [6, 6.07) is 52.9. The van der Waals surface area contributed by atoms with Crippen molar-refractivity contribution in [3.63, 3.8) is 0 Å². The Labute approximate surface area is 312 Å². The monoisotopic (exact) mass is 689 g/mol. The van der Waals surface area contributed by atoms with Crippen LogP contribution in [0.4, 0.5) is 34.1 Å². The Balaban J connectivity index is 1.25. The van der Waals surface area contributed by atoms with Crippen molar-refractivity contribution >= 4 is 55.9 Å². The molecule has 0 saturated heterocycles. The maximum Gasteiger partial charge on any atom is 0.138 e. The number of hydrogen-bond acceptors (Lipinski definition) is 4. The molecule has 0 aliphatic carbocycles. The first-order chi connectivity index (χ1) is 25.9. The summed E-state index contributed by atoms with van der Waals surface area (Å²) in [5.41, 5.74) is 15.5. The molecule has 6 aromatic carbocycles. The van der Waals surface area contributed by atoms with E-state index >= 15 is 0 Å². The van der Waals surface area contributed by atoms with Gasteiger partial charge in [-0.05, 0) is 108 Å². The summed E-state index contributed by atoms with van der Waals surface area (Å²) in [6.45, 7) is 9.74. The summed E-state index contributed by atoms with van der Waals surface area (Å²) in [7, 11) is 2.16. The summed E-state index contributed by atoms with van der Waals surface area (Å²) < 4.78 is 2.34. The number of aromatic nitrogens is 2. The van der Waals surface area contributed by atoms with Crippen molar-refractivity contribution in [1.29, 1.82) is 0 Å². The Hall–Kier alpha value is -6.33. The molecule has 1 aliphatic rings. The maximum absolute atomic E-state index is 5.02. The van der Waals surface area contributed by atoms with Crippen molar-refractivity contribution in [2.75, 3.05) is 28.4 Å². The van der Waals surface area contributed by atoms with E-state index in [-0.39, 0.29) is 0 Å². The van der Waals surface area contributed by atoms with Crippen LogP contribution in [0.25, 0.3) is 38.8 Å². The minimum Gasteiger partial charge on any atom is -0.355 e. The van der Waals surface area contributed by atoms with E-state index in [0.717, 1.165) is 40.6 Å². The summed E-state index contributed by atoms with van der Waals surface area (Å²) >= 11 is 0. The maximum atomic E-state index is 5.02. The second kappa shape index (κ2) is 13.0. The van der Waals surface area contributed by atoms with Crippen LogP contribution >= 0.6 is 0 Å². The van der Waals surface area contributed by atoms with E-state index in [1.807, 2.05) is 6.20 Å². The molecular weight excluding hydrogens is 647 g/mol. The fourth-order valence-electron chi connectivity index (χ4n) is 8.28. The topological polar surface area (TPSA) is 27.5 Å².